The van der Waals surface area contributed by atoms with Crippen molar-refractivity contribution >= 4 is 9.84 Å². The smallest absolute Gasteiger partial charge is 0.154 e. The number of unbranched alkanes of at least 4 members (excludes halogenated alkanes) is 1. The van der Waals surface area contributed by atoms with Gasteiger partial charge >= 0.3 is 0 Å². The first-order chi connectivity index (χ1) is 6.54. The van der Waals surface area contributed by atoms with Crippen molar-refractivity contribution in [1.29, 1.82) is 0 Å². The summed E-state index contributed by atoms with van der Waals surface area (Å²) in [5.41, 5.74) is 0. The molecule has 3 nitrogen and oxygen atoms in total. The fourth-order valence-corrected chi connectivity index (χ4v) is 2.44. The van der Waals surface area contributed by atoms with Crippen molar-refractivity contribution in [2.24, 2.45) is 0 Å². The van der Waals surface area contributed by atoms with Gasteiger partial charge < -0.3 is 5.32 Å². The Bertz CT molecular complexity index is 224. The highest BCUT2D eigenvalue weighted by molar-refractivity contribution is 7.92. The lowest BCUT2D eigenvalue weighted by Crippen LogP contribution is -2.28. The molecule has 86 valence electrons. The largest absolute Gasteiger partial charge is 0.316 e. The molecule has 0 saturated carbocycles. The molecule has 0 aliphatic heterocycles. The van der Waals surface area contributed by atoms with Crippen LogP contribution in [-0.2, 0) is 9.84 Å². The Morgan fingerprint density at radius 3 is 2.36 bits per heavy atom. The molecule has 0 aromatic carbocycles. The maximum Gasteiger partial charge on any atom is 0.154 e. The summed E-state index contributed by atoms with van der Waals surface area (Å²) >= 11 is 0. The van der Waals surface area contributed by atoms with E-state index < -0.39 is 9.84 Å². The van der Waals surface area contributed by atoms with Gasteiger partial charge in [-0.2, -0.15) is 0 Å². The number of nitrogens with one attached hydrogen (secondary N) is 1. The van der Waals surface area contributed by atoms with Crippen LogP contribution in [0.3, 0.4) is 0 Å². The molecule has 1 unspecified atom stereocenters. The molecule has 4 heteroatoms. The third kappa shape index (κ3) is 5.60. The molecule has 0 aromatic heterocycles. The van der Waals surface area contributed by atoms with E-state index in [-0.39, 0.29) is 11.0 Å². The van der Waals surface area contributed by atoms with E-state index in [0.717, 1.165) is 19.4 Å². The highest BCUT2D eigenvalue weighted by Crippen LogP contribution is 2.04. The third-order valence-electron chi connectivity index (χ3n) is 2.46. The second kappa shape index (κ2) is 7.23. The van der Waals surface area contributed by atoms with Crippen LogP contribution in [0.5, 0.6) is 0 Å². The van der Waals surface area contributed by atoms with Crippen LogP contribution >= 0.6 is 0 Å². The van der Waals surface area contributed by atoms with Crippen LogP contribution in [0.25, 0.3) is 0 Å². The lowest BCUT2D eigenvalue weighted by atomic mass is 10.3. The van der Waals surface area contributed by atoms with E-state index in [1.165, 1.54) is 0 Å². The number of rotatable bonds is 8. The molecule has 0 rings (SSSR count). The highest BCUT2D eigenvalue weighted by atomic mass is 32.2. The topological polar surface area (TPSA) is 46.2 Å². The van der Waals surface area contributed by atoms with E-state index in [2.05, 4.69) is 12.2 Å². The summed E-state index contributed by atoms with van der Waals surface area (Å²) in [5, 5.41) is 2.94. The van der Waals surface area contributed by atoms with E-state index in [4.69, 9.17) is 0 Å². The maximum absolute atomic E-state index is 11.6. The van der Waals surface area contributed by atoms with E-state index >= 15 is 0 Å². The van der Waals surface area contributed by atoms with Crippen LogP contribution < -0.4 is 5.32 Å². The molecule has 0 aromatic rings. The van der Waals surface area contributed by atoms with Crippen molar-refractivity contribution in [1.82, 2.24) is 5.32 Å². The molecule has 1 N–H and O–H groups in total. The lowest BCUT2D eigenvalue weighted by molar-refractivity contribution is 0.574. The predicted molar refractivity (Wildman–Crippen MR) is 61.3 cm³/mol. The van der Waals surface area contributed by atoms with Crippen LogP contribution in [0.15, 0.2) is 0 Å². The Morgan fingerprint density at radius 2 is 1.86 bits per heavy atom. The summed E-state index contributed by atoms with van der Waals surface area (Å²) in [5.74, 6) is 0.270. The normalized spacial score (nSPS) is 14.2. The summed E-state index contributed by atoms with van der Waals surface area (Å²) in [4.78, 5) is 0. The van der Waals surface area contributed by atoms with Crippen molar-refractivity contribution in [3.63, 3.8) is 0 Å². The van der Waals surface area contributed by atoms with Gasteiger partial charge in [0.25, 0.3) is 0 Å². The lowest BCUT2D eigenvalue weighted by Gasteiger charge is -2.10. The van der Waals surface area contributed by atoms with Gasteiger partial charge in [0, 0.05) is 6.54 Å². The van der Waals surface area contributed by atoms with Gasteiger partial charge in [-0.3, -0.25) is 0 Å². The molecule has 0 heterocycles. The zero-order chi connectivity index (χ0) is 11.0. The summed E-state index contributed by atoms with van der Waals surface area (Å²) in [6, 6.07) is 0. The highest BCUT2D eigenvalue weighted by Gasteiger charge is 2.17. The number of sulfone groups is 1. The fourth-order valence-electron chi connectivity index (χ4n) is 1.10. The molecule has 0 spiro atoms. The summed E-state index contributed by atoms with van der Waals surface area (Å²) in [6.07, 6.45) is 2.96. The Morgan fingerprint density at radius 1 is 1.21 bits per heavy atom. The van der Waals surface area contributed by atoms with Crippen LogP contribution in [0.2, 0.25) is 0 Å². The van der Waals surface area contributed by atoms with Gasteiger partial charge in [-0.15, -0.1) is 0 Å². The number of hydrogen-bond acceptors (Lipinski definition) is 3. The van der Waals surface area contributed by atoms with Crippen LogP contribution in [-0.4, -0.2) is 32.5 Å². The van der Waals surface area contributed by atoms with Gasteiger partial charge in [0.2, 0.25) is 0 Å². The quantitative estimate of drug-likeness (QED) is 0.633. The first-order valence-corrected chi connectivity index (χ1v) is 7.18. The summed E-state index contributed by atoms with van der Waals surface area (Å²) in [7, 11) is -2.86. The molecule has 0 aliphatic carbocycles. The first-order valence-electron chi connectivity index (χ1n) is 5.46. The minimum absolute atomic E-state index is 0.199. The van der Waals surface area contributed by atoms with E-state index in [0.29, 0.717) is 13.0 Å². The Kier molecular flexibility index (Phi) is 7.19. The van der Waals surface area contributed by atoms with Gasteiger partial charge in [-0.1, -0.05) is 20.3 Å². The summed E-state index contributed by atoms with van der Waals surface area (Å²) < 4.78 is 23.1. The monoisotopic (exact) mass is 221 g/mol. The third-order valence-corrected chi connectivity index (χ3v) is 4.79. The molecule has 0 fully saturated rings. The Balaban J connectivity index is 3.67. The number of hydrogen-bond donors (Lipinski definition) is 1. The van der Waals surface area contributed by atoms with Gasteiger partial charge in [0.1, 0.15) is 0 Å². The molecule has 0 radical (unpaired) electrons. The van der Waals surface area contributed by atoms with Crippen LogP contribution in [0.1, 0.15) is 40.0 Å². The zero-order valence-electron chi connectivity index (χ0n) is 9.54. The van der Waals surface area contributed by atoms with Crippen LogP contribution in [0.4, 0.5) is 0 Å². The molecule has 14 heavy (non-hydrogen) atoms. The molecular weight excluding hydrogens is 198 g/mol. The molecule has 0 saturated heterocycles. The average molecular weight is 221 g/mol. The van der Waals surface area contributed by atoms with E-state index in [1.807, 2.05) is 6.92 Å². The second-order valence-electron chi connectivity index (χ2n) is 3.69. The van der Waals surface area contributed by atoms with Crippen molar-refractivity contribution in [2.45, 2.75) is 45.3 Å². The minimum Gasteiger partial charge on any atom is -0.316 e. The minimum atomic E-state index is -2.86. The Labute approximate surface area is 88.2 Å². The van der Waals surface area contributed by atoms with Gasteiger partial charge in [-0.05, 0) is 26.3 Å². The molecule has 1 atom stereocenters. The average Bonchev–Trinajstić information content (AvgIpc) is 2.16. The van der Waals surface area contributed by atoms with E-state index in [1.54, 1.807) is 6.92 Å². The molecule has 0 amide bonds. The molecule has 0 aliphatic rings. The van der Waals surface area contributed by atoms with Crippen molar-refractivity contribution < 1.29 is 8.42 Å². The van der Waals surface area contributed by atoms with Gasteiger partial charge in [0.15, 0.2) is 9.84 Å². The molecule has 0 bridgehead atoms. The Hall–Kier alpha value is -0.0900. The maximum atomic E-state index is 11.6. The van der Waals surface area contributed by atoms with Crippen molar-refractivity contribution in [3.8, 4) is 0 Å². The summed E-state index contributed by atoms with van der Waals surface area (Å²) in [6.45, 7) is 7.32. The predicted octanol–water partition coefficient (Wildman–Crippen LogP) is 1.59. The van der Waals surface area contributed by atoms with Crippen molar-refractivity contribution in [3.05, 3.63) is 0 Å². The van der Waals surface area contributed by atoms with Gasteiger partial charge in [0.05, 0.1) is 11.0 Å². The van der Waals surface area contributed by atoms with E-state index in [9.17, 15) is 8.42 Å². The fraction of sp³-hybridized carbons (Fsp3) is 1.00. The SMILES string of the molecule is CCCCNCCS(=O)(=O)C(C)CC. The van der Waals surface area contributed by atoms with Crippen LogP contribution in [0, 0.1) is 0 Å². The zero-order valence-corrected chi connectivity index (χ0v) is 10.4. The first kappa shape index (κ1) is 13.9. The van der Waals surface area contributed by atoms with Gasteiger partial charge in [-0.25, -0.2) is 8.42 Å². The second-order valence-corrected chi connectivity index (χ2v) is 6.23. The van der Waals surface area contributed by atoms with Crippen molar-refractivity contribution in [2.75, 3.05) is 18.8 Å². The molecular formula is C10H23NO2S. The standard InChI is InChI=1S/C10H23NO2S/c1-4-6-7-11-8-9-14(12,13)10(3)5-2/h10-11H,4-9H2,1-3H3.